The molecule has 2 atom stereocenters. The van der Waals surface area contributed by atoms with Crippen molar-refractivity contribution in [1.82, 2.24) is 4.98 Å². The highest BCUT2D eigenvalue weighted by atomic mass is 32.1. The molecule has 3 heteroatoms. The predicted octanol–water partition coefficient (Wildman–Crippen LogP) is 3.00. The van der Waals surface area contributed by atoms with Crippen LogP contribution in [0, 0.1) is 0 Å². The van der Waals surface area contributed by atoms with Crippen LogP contribution >= 0.6 is 11.3 Å². The van der Waals surface area contributed by atoms with Gasteiger partial charge in [-0.05, 0) is 17.9 Å². The predicted molar refractivity (Wildman–Crippen MR) is 63.1 cm³/mol. The van der Waals surface area contributed by atoms with Gasteiger partial charge >= 0.3 is 0 Å². The Hall–Kier alpha value is -1.35. The fourth-order valence-electron chi connectivity index (χ4n) is 2.06. The number of nitrogens with zero attached hydrogens (tertiary/aromatic N) is 1. The summed E-state index contributed by atoms with van der Waals surface area (Å²) in [6.07, 6.45) is 1.22. The smallest absolute Gasteiger partial charge is 0.180 e. The van der Waals surface area contributed by atoms with Crippen LogP contribution in [0.5, 0.6) is 0 Å². The number of nitrogens with two attached hydrogens (primary N) is 1. The van der Waals surface area contributed by atoms with E-state index in [4.69, 9.17) is 5.73 Å². The molecule has 2 aromatic rings. The van der Waals surface area contributed by atoms with E-state index in [-0.39, 0.29) is 0 Å². The Morgan fingerprint density at radius 2 is 2.00 bits per heavy atom. The van der Waals surface area contributed by atoms with Gasteiger partial charge in [0.15, 0.2) is 5.13 Å². The summed E-state index contributed by atoms with van der Waals surface area (Å²) in [4.78, 5) is 4.34. The van der Waals surface area contributed by atoms with Crippen molar-refractivity contribution in [2.45, 2.75) is 18.3 Å². The van der Waals surface area contributed by atoms with Crippen LogP contribution in [0.2, 0.25) is 0 Å². The molecule has 0 radical (unpaired) electrons. The second kappa shape index (κ2) is 3.35. The van der Waals surface area contributed by atoms with Gasteiger partial charge in [0, 0.05) is 11.3 Å². The van der Waals surface area contributed by atoms with Crippen molar-refractivity contribution in [3.8, 4) is 0 Å². The molecule has 2 nitrogen and oxygen atoms in total. The highest BCUT2D eigenvalue weighted by Crippen LogP contribution is 2.54. The minimum absolute atomic E-state index is 0.598. The number of hydrogen-bond acceptors (Lipinski definition) is 3. The third-order valence-electron chi connectivity index (χ3n) is 2.94. The van der Waals surface area contributed by atoms with Gasteiger partial charge in [-0.15, -0.1) is 11.3 Å². The Morgan fingerprint density at radius 3 is 2.67 bits per heavy atom. The number of aromatic nitrogens is 1. The van der Waals surface area contributed by atoms with Gasteiger partial charge in [0.25, 0.3) is 0 Å². The molecule has 0 aliphatic heterocycles. The van der Waals surface area contributed by atoms with E-state index in [9.17, 15) is 0 Å². The number of nitrogen functional groups attached to an aromatic ring is 1. The number of anilines is 1. The van der Waals surface area contributed by atoms with Crippen LogP contribution in [0.4, 0.5) is 5.13 Å². The molecule has 2 N–H and O–H groups in total. The molecule has 3 rings (SSSR count). The van der Waals surface area contributed by atoms with Gasteiger partial charge < -0.3 is 5.73 Å². The van der Waals surface area contributed by atoms with E-state index in [1.165, 1.54) is 29.0 Å². The minimum atomic E-state index is 0.598. The molecule has 1 heterocycles. The lowest BCUT2D eigenvalue weighted by atomic mass is 10.1. The molecule has 0 saturated heterocycles. The van der Waals surface area contributed by atoms with Crippen molar-refractivity contribution in [2.75, 3.05) is 5.73 Å². The topological polar surface area (TPSA) is 38.9 Å². The first kappa shape index (κ1) is 8.92. The Morgan fingerprint density at radius 1 is 1.20 bits per heavy atom. The van der Waals surface area contributed by atoms with Gasteiger partial charge in [0.2, 0.25) is 0 Å². The van der Waals surface area contributed by atoms with Gasteiger partial charge in [0.05, 0.1) is 5.69 Å². The summed E-state index contributed by atoms with van der Waals surface area (Å²) < 4.78 is 0. The molecule has 0 unspecified atom stereocenters. The van der Waals surface area contributed by atoms with Gasteiger partial charge in [-0.25, -0.2) is 4.98 Å². The summed E-state index contributed by atoms with van der Waals surface area (Å²) in [5, 5.41) is 2.77. The van der Waals surface area contributed by atoms with Crippen LogP contribution in [0.15, 0.2) is 35.7 Å². The monoisotopic (exact) mass is 216 g/mol. The number of benzene rings is 1. The largest absolute Gasteiger partial charge is 0.375 e. The zero-order chi connectivity index (χ0) is 10.3. The second-order valence-electron chi connectivity index (χ2n) is 3.97. The summed E-state index contributed by atoms with van der Waals surface area (Å²) in [5.41, 5.74) is 8.23. The van der Waals surface area contributed by atoms with Gasteiger partial charge in [-0.3, -0.25) is 0 Å². The molecule has 1 fully saturated rings. The van der Waals surface area contributed by atoms with Crippen LogP contribution in [0.3, 0.4) is 0 Å². The van der Waals surface area contributed by atoms with Crippen LogP contribution in [0.25, 0.3) is 0 Å². The Balaban J connectivity index is 1.80. The SMILES string of the molecule is Nc1nc([C@H]2C[C@@H]2c2ccccc2)cs1. The van der Waals surface area contributed by atoms with Crippen LogP contribution in [-0.4, -0.2) is 4.98 Å². The zero-order valence-corrected chi connectivity index (χ0v) is 9.08. The molecule has 0 spiro atoms. The Bertz CT molecular complexity index is 463. The van der Waals surface area contributed by atoms with Gasteiger partial charge in [0.1, 0.15) is 0 Å². The summed E-state index contributed by atoms with van der Waals surface area (Å²) in [5.74, 6) is 1.26. The highest BCUT2D eigenvalue weighted by molar-refractivity contribution is 7.13. The zero-order valence-electron chi connectivity index (χ0n) is 8.26. The molecule has 1 aliphatic carbocycles. The van der Waals surface area contributed by atoms with E-state index in [0.29, 0.717) is 17.0 Å². The molecule has 76 valence electrons. The van der Waals surface area contributed by atoms with Crippen LogP contribution in [0.1, 0.15) is 29.5 Å². The van der Waals surface area contributed by atoms with E-state index in [0.717, 1.165) is 0 Å². The molecular formula is C12H12N2S. The molecule has 0 bridgehead atoms. The third kappa shape index (κ3) is 1.63. The molecule has 1 saturated carbocycles. The van der Waals surface area contributed by atoms with Crippen molar-refractivity contribution in [1.29, 1.82) is 0 Å². The van der Waals surface area contributed by atoms with Crippen molar-refractivity contribution < 1.29 is 0 Å². The fraction of sp³-hybridized carbons (Fsp3) is 0.250. The minimum Gasteiger partial charge on any atom is -0.375 e. The Labute approximate surface area is 92.8 Å². The van der Waals surface area contributed by atoms with E-state index >= 15 is 0 Å². The van der Waals surface area contributed by atoms with Crippen molar-refractivity contribution in [2.24, 2.45) is 0 Å². The quantitative estimate of drug-likeness (QED) is 0.838. The summed E-state index contributed by atoms with van der Waals surface area (Å²) in [6.45, 7) is 0. The van der Waals surface area contributed by atoms with Crippen molar-refractivity contribution >= 4 is 16.5 Å². The van der Waals surface area contributed by atoms with E-state index < -0.39 is 0 Å². The maximum absolute atomic E-state index is 5.64. The van der Waals surface area contributed by atoms with Crippen molar-refractivity contribution in [3.05, 3.63) is 47.0 Å². The van der Waals surface area contributed by atoms with Crippen LogP contribution < -0.4 is 5.73 Å². The van der Waals surface area contributed by atoms with E-state index in [2.05, 4.69) is 40.7 Å². The van der Waals surface area contributed by atoms with Gasteiger partial charge in [-0.2, -0.15) is 0 Å². The molecule has 0 amide bonds. The van der Waals surface area contributed by atoms with E-state index in [1.807, 2.05) is 0 Å². The van der Waals surface area contributed by atoms with Crippen molar-refractivity contribution in [3.63, 3.8) is 0 Å². The lowest BCUT2D eigenvalue weighted by Gasteiger charge is -1.97. The maximum Gasteiger partial charge on any atom is 0.180 e. The molecule has 1 aromatic carbocycles. The third-order valence-corrected chi connectivity index (χ3v) is 3.63. The number of thiazole rings is 1. The second-order valence-corrected chi connectivity index (χ2v) is 4.86. The normalized spacial score (nSPS) is 24.0. The lowest BCUT2D eigenvalue weighted by molar-refractivity contribution is 0.985. The average Bonchev–Trinajstić information content (AvgIpc) is 2.96. The molecular weight excluding hydrogens is 204 g/mol. The maximum atomic E-state index is 5.64. The average molecular weight is 216 g/mol. The number of hydrogen-bond donors (Lipinski definition) is 1. The highest BCUT2D eigenvalue weighted by Gasteiger charge is 2.40. The first-order chi connectivity index (χ1) is 7.34. The summed E-state index contributed by atoms with van der Waals surface area (Å²) in [6, 6.07) is 10.6. The summed E-state index contributed by atoms with van der Waals surface area (Å²) in [7, 11) is 0. The number of rotatable bonds is 2. The lowest BCUT2D eigenvalue weighted by Crippen LogP contribution is -1.86. The summed E-state index contributed by atoms with van der Waals surface area (Å²) >= 11 is 1.54. The fourth-order valence-corrected chi connectivity index (χ4v) is 2.69. The van der Waals surface area contributed by atoms with Crippen LogP contribution in [-0.2, 0) is 0 Å². The standard InChI is InChI=1S/C12H12N2S/c13-12-14-11(7-15-12)10-6-9(10)8-4-2-1-3-5-8/h1-5,7,9-10H,6H2,(H2,13,14)/t9-,10+/m1/s1. The first-order valence-electron chi connectivity index (χ1n) is 5.10. The van der Waals surface area contributed by atoms with Gasteiger partial charge in [-0.1, -0.05) is 30.3 Å². The van der Waals surface area contributed by atoms with E-state index in [1.54, 1.807) is 0 Å². The first-order valence-corrected chi connectivity index (χ1v) is 5.98. The molecule has 1 aromatic heterocycles. The molecule has 15 heavy (non-hydrogen) atoms. The molecule has 1 aliphatic rings. The Kier molecular flexibility index (Phi) is 1.99.